The summed E-state index contributed by atoms with van der Waals surface area (Å²) in [5, 5.41) is 2.70. The van der Waals surface area contributed by atoms with Crippen molar-refractivity contribution in [2.75, 3.05) is 26.2 Å². The van der Waals surface area contributed by atoms with E-state index in [2.05, 4.69) is 10.2 Å². The maximum Gasteiger partial charge on any atom is 0.254 e. The Morgan fingerprint density at radius 2 is 1.86 bits per heavy atom. The van der Waals surface area contributed by atoms with Gasteiger partial charge in [-0.3, -0.25) is 9.59 Å². The van der Waals surface area contributed by atoms with Gasteiger partial charge in [-0.05, 0) is 62.9 Å². The van der Waals surface area contributed by atoms with E-state index in [0.29, 0.717) is 42.3 Å². The molecule has 0 bridgehead atoms. The van der Waals surface area contributed by atoms with Crippen LogP contribution in [0.2, 0.25) is 0 Å². The number of piperidine rings is 1. The Hall–Kier alpha value is -3.33. The number of likely N-dealkylation sites (tertiary alicyclic amines) is 1. The van der Waals surface area contributed by atoms with Crippen molar-refractivity contribution < 1.29 is 32.2 Å². The van der Waals surface area contributed by atoms with Crippen LogP contribution in [0.25, 0.3) is 0 Å². The highest BCUT2D eigenvalue weighted by atomic mass is 19.2. The summed E-state index contributed by atoms with van der Waals surface area (Å²) in [6.45, 7) is 6.31. The van der Waals surface area contributed by atoms with Gasteiger partial charge in [0.1, 0.15) is 17.1 Å². The fourth-order valence-corrected chi connectivity index (χ4v) is 4.27. The van der Waals surface area contributed by atoms with E-state index in [1.54, 1.807) is 18.2 Å². The number of nitrogens with one attached hydrogen (secondary N) is 1. The number of ether oxygens (including phenoxy) is 2. The number of ketones is 1. The van der Waals surface area contributed by atoms with Crippen molar-refractivity contribution in [2.45, 2.75) is 39.2 Å². The lowest BCUT2D eigenvalue weighted by Crippen LogP contribution is -2.45. The molecule has 2 heterocycles. The van der Waals surface area contributed by atoms with E-state index in [1.165, 1.54) is 0 Å². The number of rotatable bonds is 7. The Morgan fingerprint density at radius 1 is 1.11 bits per heavy atom. The monoisotopic (exact) mass is 488 g/mol. The van der Waals surface area contributed by atoms with Gasteiger partial charge in [0.05, 0.1) is 12.2 Å². The van der Waals surface area contributed by atoms with E-state index < -0.39 is 28.9 Å². The maximum absolute atomic E-state index is 13.9. The molecule has 4 rings (SSSR count). The molecule has 1 N–H and O–H groups in total. The van der Waals surface area contributed by atoms with Crippen molar-refractivity contribution in [3.63, 3.8) is 0 Å². The van der Waals surface area contributed by atoms with Gasteiger partial charge in [-0.25, -0.2) is 13.2 Å². The molecule has 6 nitrogen and oxygen atoms in total. The zero-order chi connectivity index (χ0) is 25.1. The number of fused-ring (bicyclic) bond motifs is 1. The highest BCUT2D eigenvalue weighted by Gasteiger charge is 2.31. The third-order valence-corrected chi connectivity index (χ3v) is 6.17. The third kappa shape index (κ3) is 5.35. The Labute approximate surface area is 201 Å². The molecule has 2 aromatic carbocycles. The first-order valence-electron chi connectivity index (χ1n) is 11.6. The van der Waals surface area contributed by atoms with Crippen molar-refractivity contribution in [1.82, 2.24) is 10.2 Å². The number of Topliss-reactive ketones (excluding diaryl/α,β-unsaturated/α-hetero) is 1. The summed E-state index contributed by atoms with van der Waals surface area (Å²) in [7, 11) is 0. The molecule has 0 saturated carbocycles. The molecule has 0 atom stereocenters. The molecule has 35 heavy (non-hydrogen) atoms. The van der Waals surface area contributed by atoms with Crippen LogP contribution in [-0.2, 0) is 0 Å². The maximum atomic E-state index is 13.9. The average Bonchev–Trinajstić information content (AvgIpc) is 3.19. The van der Waals surface area contributed by atoms with Crippen LogP contribution in [0.4, 0.5) is 13.2 Å². The molecule has 0 spiro atoms. The minimum atomic E-state index is -1.65. The summed E-state index contributed by atoms with van der Waals surface area (Å²) in [6, 6.07) is 6.81. The van der Waals surface area contributed by atoms with Crippen LogP contribution in [0.1, 0.15) is 53.8 Å². The molecule has 0 aliphatic carbocycles. The van der Waals surface area contributed by atoms with E-state index in [1.807, 2.05) is 13.8 Å². The van der Waals surface area contributed by atoms with Crippen LogP contribution >= 0.6 is 0 Å². The molecule has 2 aliphatic heterocycles. The molecule has 1 fully saturated rings. The molecule has 1 amide bonds. The molecule has 9 heteroatoms. The number of carbonyl (C=O) groups excluding carboxylic acids is 2. The fourth-order valence-electron chi connectivity index (χ4n) is 4.27. The summed E-state index contributed by atoms with van der Waals surface area (Å²) in [4.78, 5) is 27.1. The second-order valence-electron chi connectivity index (χ2n) is 8.90. The zero-order valence-corrected chi connectivity index (χ0v) is 19.6. The number of hydrogen-bond acceptors (Lipinski definition) is 5. The second kappa shape index (κ2) is 10.5. The largest absolute Gasteiger partial charge is 0.493 e. The first-order valence-corrected chi connectivity index (χ1v) is 11.6. The molecule has 1 saturated heterocycles. The molecule has 2 aliphatic rings. The summed E-state index contributed by atoms with van der Waals surface area (Å²) in [5.41, 5.74) is 0.765. The first kappa shape index (κ1) is 24.8. The predicted octanol–water partition coefficient (Wildman–Crippen LogP) is 4.64. The highest BCUT2D eigenvalue weighted by molar-refractivity contribution is 6.14. The minimum Gasteiger partial charge on any atom is -0.493 e. The van der Waals surface area contributed by atoms with Gasteiger partial charge < -0.3 is 19.7 Å². The van der Waals surface area contributed by atoms with Gasteiger partial charge in [0.25, 0.3) is 5.91 Å². The predicted molar refractivity (Wildman–Crippen MR) is 123 cm³/mol. The van der Waals surface area contributed by atoms with Crippen LogP contribution in [0.3, 0.4) is 0 Å². The average molecular weight is 489 g/mol. The van der Waals surface area contributed by atoms with E-state index >= 15 is 0 Å². The van der Waals surface area contributed by atoms with Crippen molar-refractivity contribution in [3.05, 3.63) is 70.2 Å². The fraction of sp³-hybridized carbons (Fsp3) is 0.385. The Bertz CT molecular complexity index is 1170. The van der Waals surface area contributed by atoms with Crippen molar-refractivity contribution in [2.24, 2.45) is 0 Å². The number of hydrogen-bond donors (Lipinski definition) is 1. The van der Waals surface area contributed by atoms with Gasteiger partial charge >= 0.3 is 0 Å². The summed E-state index contributed by atoms with van der Waals surface area (Å²) < 4.78 is 51.9. The number of carbonyl (C=O) groups is 2. The lowest BCUT2D eigenvalue weighted by Gasteiger charge is -2.32. The van der Waals surface area contributed by atoms with Gasteiger partial charge in [-0.2, -0.15) is 0 Å². The Kier molecular flexibility index (Phi) is 7.45. The van der Waals surface area contributed by atoms with Crippen LogP contribution < -0.4 is 14.8 Å². The second-order valence-corrected chi connectivity index (χ2v) is 8.90. The molecule has 2 aromatic rings. The van der Waals surface area contributed by atoms with Crippen LogP contribution in [0.5, 0.6) is 11.5 Å². The van der Waals surface area contributed by atoms with Crippen molar-refractivity contribution >= 4 is 11.7 Å². The van der Waals surface area contributed by atoms with Crippen LogP contribution in [0, 0.1) is 17.5 Å². The summed E-state index contributed by atoms with van der Waals surface area (Å²) in [6.07, 6.45) is 2.05. The third-order valence-electron chi connectivity index (χ3n) is 6.17. The number of allylic oxidation sites excluding steroid dienone is 2. The van der Waals surface area contributed by atoms with Gasteiger partial charge in [-0.1, -0.05) is 6.07 Å². The Balaban J connectivity index is 1.21. The first-order chi connectivity index (χ1) is 16.8. The molecular formula is C26H27F3N2O4. The van der Waals surface area contributed by atoms with Crippen molar-refractivity contribution in [1.29, 1.82) is 0 Å². The topological polar surface area (TPSA) is 67.9 Å². The van der Waals surface area contributed by atoms with Crippen molar-refractivity contribution in [3.8, 4) is 11.5 Å². The van der Waals surface area contributed by atoms with E-state index in [-0.39, 0.29) is 11.8 Å². The zero-order valence-electron chi connectivity index (χ0n) is 19.6. The SMILES string of the molecule is CC(C)=C1Oc2cccc(OCCCN3CCC(NC(=O)c4ccc(F)c(F)c4F)CC3)c2C1=O. The lowest BCUT2D eigenvalue weighted by atomic mass is 10.0. The van der Waals surface area contributed by atoms with E-state index in [0.717, 1.165) is 43.8 Å². The number of nitrogens with zero attached hydrogens (tertiary/aromatic N) is 1. The molecule has 186 valence electrons. The lowest BCUT2D eigenvalue weighted by molar-refractivity contribution is 0.0904. The Morgan fingerprint density at radius 3 is 2.57 bits per heavy atom. The summed E-state index contributed by atoms with van der Waals surface area (Å²) >= 11 is 0. The van der Waals surface area contributed by atoms with Gasteiger partial charge in [-0.15, -0.1) is 0 Å². The van der Waals surface area contributed by atoms with Crippen LogP contribution in [-0.4, -0.2) is 48.9 Å². The molecule has 0 aromatic heterocycles. The van der Waals surface area contributed by atoms with Gasteiger partial charge in [0.2, 0.25) is 5.78 Å². The highest BCUT2D eigenvalue weighted by Crippen LogP contribution is 2.38. The smallest absolute Gasteiger partial charge is 0.254 e. The molecule has 0 unspecified atom stereocenters. The van der Waals surface area contributed by atoms with Crippen LogP contribution in [0.15, 0.2) is 41.7 Å². The summed E-state index contributed by atoms with van der Waals surface area (Å²) in [5.74, 6) is -4.00. The molecular weight excluding hydrogens is 461 g/mol. The minimum absolute atomic E-state index is 0.164. The molecule has 0 radical (unpaired) electrons. The standard InChI is InChI=1S/C26H27F3N2O4/c1-15(2)25-24(32)21-19(5-3-6-20(21)35-25)34-14-4-11-31-12-9-16(10-13-31)30-26(33)17-7-8-18(27)23(29)22(17)28/h3,5-8,16H,4,9-14H2,1-2H3,(H,30,33). The van der Waals surface area contributed by atoms with E-state index in [9.17, 15) is 22.8 Å². The number of amides is 1. The number of halogens is 3. The van der Waals surface area contributed by atoms with Gasteiger partial charge in [0.15, 0.2) is 23.2 Å². The number of benzene rings is 2. The van der Waals surface area contributed by atoms with Gasteiger partial charge in [0, 0.05) is 25.7 Å². The quantitative estimate of drug-likeness (QED) is 0.350. The normalized spacial score (nSPS) is 16.1. The van der Waals surface area contributed by atoms with E-state index in [4.69, 9.17) is 9.47 Å².